The van der Waals surface area contributed by atoms with Gasteiger partial charge in [0.15, 0.2) is 23.2 Å². The molecule has 2 aromatic heterocycles. The number of phosphoric ester groups is 1. The van der Waals surface area contributed by atoms with E-state index < -0.39 is 32.4 Å². The van der Waals surface area contributed by atoms with Crippen LogP contribution in [-0.2, 0) is 18.3 Å². The molecule has 2 N–H and O–H groups in total. The van der Waals surface area contributed by atoms with Crippen molar-refractivity contribution in [2.45, 2.75) is 52.2 Å². The first-order valence-corrected chi connectivity index (χ1v) is 12.1. The van der Waals surface area contributed by atoms with Crippen molar-refractivity contribution in [3.05, 3.63) is 6.33 Å². The fourth-order valence-corrected chi connectivity index (χ4v) is 5.12. The Balaban J connectivity index is 1.85. The molecule has 13 heteroatoms. The van der Waals surface area contributed by atoms with E-state index in [1.54, 1.807) is 4.57 Å². The summed E-state index contributed by atoms with van der Waals surface area (Å²) < 4.78 is 29.6. The standard InChI is InChI=1S/C18H29N6O6P/c1-5-22(6-2)15-12-16(20-10-19-15)24(18(21-12)23(7-3)8-4)17-13(25)14-11(29-17)9-28-31(26,27)30-14/h10-11,13-14,17,25H,5-9H2,1-4H3,(H,26,27)/t11-,13-,14-,17-/m1/s1. The van der Waals surface area contributed by atoms with Crippen LogP contribution in [0.3, 0.4) is 0 Å². The van der Waals surface area contributed by atoms with Gasteiger partial charge in [0, 0.05) is 26.2 Å². The minimum atomic E-state index is -4.22. The molecule has 2 fully saturated rings. The molecule has 172 valence electrons. The largest absolute Gasteiger partial charge is 0.472 e. The number of aromatic nitrogens is 4. The van der Waals surface area contributed by atoms with E-state index in [0.29, 0.717) is 36.0 Å². The van der Waals surface area contributed by atoms with Crippen LogP contribution in [0, 0.1) is 0 Å². The van der Waals surface area contributed by atoms with Crippen LogP contribution in [0.25, 0.3) is 11.2 Å². The van der Waals surface area contributed by atoms with Crippen molar-refractivity contribution in [2.75, 3.05) is 42.6 Å². The van der Waals surface area contributed by atoms with E-state index in [-0.39, 0.29) is 6.61 Å². The van der Waals surface area contributed by atoms with E-state index in [2.05, 4.69) is 14.9 Å². The number of hydrogen-bond donors (Lipinski definition) is 2. The molecule has 4 rings (SSSR count). The minimum absolute atomic E-state index is 0.154. The number of imidazole rings is 1. The molecule has 2 saturated heterocycles. The number of ether oxygens (including phenoxy) is 1. The number of nitrogens with zero attached hydrogens (tertiary/aromatic N) is 6. The molecule has 1 unspecified atom stereocenters. The van der Waals surface area contributed by atoms with Crippen LogP contribution in [0.15, 0.2) is 6.33 Å². The first-order chi connectivity index (χ1) is 14.8. The number of aliphatic hydroxyl groups excluding tert-OH is 1. The number of hydrogen-bond acceptors (Lipinski definition) is 10. The van der Waals surface area contributed by atoms with Gasteiger partial charge in [-0.1, -0.05) is 0 Å². The molecule has 5 atom stereocenters. The van der Waals surface area contributed by atoms with Gasteiger partial charge in [0.05, 0.1) is 6.61 Å². The smallest absolute Gasteiger partial charge is 0.386 e. The molecule has 0 aromatic carbocycles. The van der Waals surface area contributed by atoms with Crippen molar-refractivity contribution in [3.63, 3.8) is 0 Å². The number of aliphatic hydroxyl groups is 1. The van der Waals surface area contributed by atoms with E-state index in [0.717, 1.165) is 13.1 Å². The molecule has 4 heterocycles. The molecule has 2 aliphatic rings. The highest BCUT2D eigenvalue weighted by Crippen LogP contribution is 2.53. The molecule has 0 amide bonds. The zero-order chi connectivity index (χ0) is 22.3. The lowest BCUT2D eigenvalue weighted by atomic mass is 10.1. The minimum Gasteiger partial charge on any atom is -0.386 e. The van der Waals surface area contributed by atoms with Gasteiger partial charge in [-0.05, 0) is 27.7 Å². The molecule has 0 spiro atoms. The molecule has 0 saturated carbocycles. The maximum Gasteiger partial charge on any atom is 0.472 e. The zero-order valence-electron chi connectivity index (χ0n) is 18.1. The van der Waals surface area contributed by atoms with E-state index >= 15 is 0 Å². The van der Waals surface area contributed by atoms with Gasteiger partial charge in [-0.25, -0.2) is 19.5 Å². The molecule has 0 aliphatic carbocycles. The van der Waals surface area contributed by atoms with Gasteiger partial charge in [0.2, 0.25) is 5.95 Å². The van der Waals surface area contributed by atoms with Gasteiger partial charge in [-0.2, -0.15) is 0 Å². The second-order valence-corrected chi connectivity index (χ2v) is 8.79. The Hall–Kier alpha value is -1.82. The summed E-state index contributed by atoms with van der Waals surface area (Å²) in [6, 6.07) is 0. The Bertz CT molecular complexity index is 980. The average Bonchev–Trinajstić information content (AvgIpc) is 3.27. The van der Waals surface area contributed by atoms with Crippen molar-refractivity contribution in [3.8, 4) is 0 Å². The molecule has 2 aromatic rings. The highest BCUT2D eigenvalue weighted by Gasteiger charge is 2.53. The molecule has 31 heavy (non-hydrogen) atoms. The van der Waals surface area contributed by atoms with Crippen LogP contribution < -0.4 is 9.80 Å². The van der Waals surface area contributed by atoms with Crippen molar-refractivity contribution >= 4 is 30.8 Å². The third-order valence-electron chi connectivity index (χ3n) is 5.77. The second-order valence-electron chi connectivity index (χ2n) is 7.39. The fourth-order valence-electron chi connectivity index (χ4n) is 4.15. The van der Waals surface area contributed by atoms with Gasteiger partial charge in [0.1, 0.15) is 24.6 Å². The van der Waals surface area contributed by atoms with Gasteiger partial charge in [0.25, 0.3) is 0 Å². The normalized spacial score (nSPS) is 30.5. The maximum absolute atomic E-state index is 11.9. The lowest BCUT2D eigenvalue weighted by molar-refractivity contribution is -0.0661. The number of rotatable bonds is 7. The van der Waals surface area contributed by atoms with Crippen LogP contribution in [0.2, 0.25) is 0 Å². The monoisotopic (exact) mass is 456 g/mol. The van der Waals surface area contributed by atoms with E-state index in [4.69, 9.17) is 18.8 Å². The number of anilines is 2. The van der Waals surface area contributed by atoms with Crippen LogP contribution in [-0.4, -0.2) is 80.6 Å². The quantitative estimate of drug-likeness (QED) is 0.584. The molecule has 0 radical (unpaired) electrons. The predicted molar refractivity (Wildman–Crippen MR) is 113 cm³/mol. The molecule has 0 bridgehead atoms. The highest BCUT2D eigenvalue weighted by atomic mass is 31.2. The van der Waals surface area contributed by atoms with Crippen molar-refractivity contribution in [2.24, 2.45) is 0 Å². The van der Waals surface area contributed by atoms with Crippen LogP contribution >= 0.6 is 7.82 Å². The molecular formula is C18H29N6O6P. The van der Waals surface area contributed by atoms with Crippen LogP contribution in [0.4, 0.5) is 11.8 Å². The summed E-state index contributed by atoms with van der Waals surface area (Å²) >= 11 is 0. The van der Waals surface area contributed by atoms with E-state index in [9.17, 15) is 14.6 Å². The Morgan fingerprint density at radius 3 is 2.48 bits per heavy atom. The summed E-state index contributed by atoms with van der Waals surface area (Å²) in [5.74, 6) is 1.27. The SMILES string of the molecule is CCN(CC)c1ncnc2c1nc(N(CC)CC)n2[C@@H]1O[C@@H]2COP(=O)(O)O[C@H]2[C@H]1O. The Labute approximate surface area is 180 Å². The van der Waals surface area contributed by atoms with Gasteiger partial charge in [-0.3, -0.25) is 13.6 Å². The Morgan fingerprint density at radius 1 is 1.16 bits per heavy atom. The second kappa shape index (κ2) is 8.61. The van der Waals surface area contributed by atoms with Crippen molar-refractivity contribution in [1.82, 2.24) is 19.5 Å². The summed E-state index contributed by atoms with van der Waals surface area (Å²) in [5, 5.41) is 11.0. The summed E-state index contributed by atoms with van der Waals surface area (Å²) in [6.45, 7) is 10.8. The first-order valence-electron chi connectivity index (χ1n) is 10.6. The first kappa shape index (κ1) is 22.4. The molecule has 2 aliphatic heterocycles. The lowest BCUT2D eigenvalue weighted by Crippen LogP contribution is -2.39. The Morgan fingerprint density at radius 2 is 1.84 bits per heavy atom. The zero-order valence-corrected chi connectivity index (χ0v) is 19.0. The van der Waals surface area contributed by atoms with Crippen LogP contribution in [0.5, 0.6) is 0 Å². The summed E-state index contributed by atoms with van der Waals surface area (Å²) in [4.78, 5) is 27.6. The predicted octanol–water partition coefficient (Wildman–Crippen LogP) is 1.29. The highest BCUT2D eigenvalue weighted by molar-refractivity contribution is 7.47. The topological polar surface area (TPSA) is 135 Å². The van der Waals surface area contributed by atoms with Crippen molar-refractivity contribution in [1.29, 1.82) is 0 Å². The van der Waals surface area contributed by atoms with E-state index in [1.165, 1.54) is 6.33 Å². The third kappa shape index (κ3) is 3.81. The summed E-state index contributed by atoms with van der Waals surface area (Å²) in [6.07, 6.45) is -2.36. The lowest BCUT2D eigenvalue weighted by Gasteiger charge is -2.28. The van der Waals surface area contributed by atoms with Gasteiger partial charge < -0.3 is 24.5 Å². The summed E-state index contributed by atoms with van der Waals surface area (Å²) in [5.41, 5.74) is 1.11. The number of phosphoric acid groups is 1. The summed E-state index contributed by atoms with van der Waals surface area (Å²) in [7, 11) is -4.22. The van der Waals surface area contributed by atoms with Crippen molar-refractivity contribution < 1.29 is 28.3 Å². The Kier molecular flexibility index (Phi) is 6.21. The van der Waals surface area contributed by atoms with Gasteiger partial charge in [-0.15, -0.1) is 0 Å². The van der Waals surface area contributed by atoms with Crippen LogP contribution in [0.1, 0.15) is 33.9 Å². The third-order valence-corrected chi connectivity index (χ3v) is 6.75. The van der Waals surface area contributed by atoms with Gasteiger partial charge >= 0.3 is 7.82 Å². The maximum atomic E-state index is 11.9. The molecule has 12 nitrogen and oxygen atoms in total. The average molecular weight is 456 g/mol. The van der Waals surface area contributed by atoms with E-state index in [1.807, 2.05) is 32.6 Å². The number of fused-ring (bicyclic) bond motifs is 2. The molecular weight excluding hydrogens is 427 g/mol. The fraction of sp³-hybridized carbons (Fsp3) is 0.722.